The first-order valence-corrected chi connectivity index (χ1v) is 6.42. The molecule has 0 bridgehead atoms. The Morgan fingerprint density at radius 1 is 1.22 bits per heavy atom. The van der Waals surface area contributed by atoms with Gasteiger partial charge in [-0.1, -0.05) is 6.07 Å². The number of rotatable bonds is 4. The van der Waals surface area contributed by atoms with Gasteiger partial charge in [0.1, 0.15) is 11.3 Å². The maximum Gasteiger partial charge on any atom is 0.339 e. The van der Waals surface area contributed by atoms with Crippen LogP contribution in [0, 0.1) is 17.0 Å². The number of carboxylic acid groups (broad SMARTS) is 1. The molecule has 0 aliphatic heterocycles. The zero-order valence-corrected chi connectivity index (χ0v) is 11.9. The van der Waals surface area contributed by atoms with Gasteiger partial charge in [-0.3, -0.25) is 14.9 Å². The van der Waals surface area contributed by atoms with E-state index in [-0.39, 0.29) is 33.8 Å². The highest BCUT2D eigenvalue weighted by Crippen LogP contribution is 2.27. The largest absolute Gasteiger partial charge is 0.507 e. The predicted molar refractivity (Wildman–Crippen MR) is 80.9 cm³/mol. The summed E-state index contributed by atoms with van der Waals surface area (Å²) in [6.45, 7) is 1.49. The van der Waals surface area contributed by atoms with Gasteiger partial charge in [0, 0.05) is 23.4 Å². The lowest BCUT2D eigenvalue weighted by Gasteiger charge is -2.09. The third-order valence-corrected chi connectivity index (χ3v) is 3.11. The van der Waals surface area contributed by atoms with Crippen molar-refractivity contribution in [2.45, 2.75) is 6.92 Å². The molecule has 118 valence electrons. The molecule has 0 heterocycles. The van der Waals surface area contributed by atoms with Gasteiger partial charge in [-0.2, -0.15) is 0 Å². The molecule has 0 aliphatic carbocycles. The van der Waals surface area contributed by atoms with E-state index in [2.05, 4.69) is 5.32 Å². The minimum absolute atomic E-state index is 0.0572. The number of non-ortho nitro benzene ring substituents is 1. The Balaban J connectivity index is 2.32. The third-order valence-electron chi connectivity index (χ3n) is 3.11. The molecule has 8 nitrogen and oxygen atoms in total. The van der Waals surface area contributed by atoms with Gasteiger partial charge in [-0.15, -0.1) is 0 Å². The van der Waals surface area contributed by atoms with Crippen molar-refractivity contribution in [3.05, 3.63) is 63.2 Å². The number of amides is 1. The van der Waals surface area contributed by atoms with Crippen LogP contribution >= 0.6 is 0 Å². The molecule has 23 heavy (non-hydrogen) atoms. The number of carboxylic acids is 1. The number of aryl methyl sites for hydroxylation is 1. The lowest BCUT2D eigenvalue weighted by atomic mass is 10.1. The molecular weight excluding hydrogens is 304 g/mol. The van der Waals surface area contributed by atoms with Gasteiger partial charge in [0.25, 0.3) is 11.6 Å². The Morgan fingerprint density at radius 2 is 1.91 bits per heavy atom. The van der Waals surface area contributed by atoms with Gasteiger partial charge in [0.2, 0.25) is 0 Å². The monoisotopic (exact) mass is 316 g/mol. The number of aromatic carboxylic acids is 1. The van der Waals surface area contributed by atoms with Crippen molar-refractivity contribution in [1.29, 1.82) is 0 Å². The van der Waals surface area contributed by atoms with Gasteiger partial charge in [-0.05, 0) is 30.7 Å². The first-order valence-electron chi connectivity index (χ1n) is 6.42. The van der Waals surface area contributed by atoms with E-state index in [1.807, 2.05) is 0 Å². The van der Waals surface area contributed by atoms with E-state index in [1.54, 1.807) is 0 Å². The molecule has 2 rings (SSSR count). The highest BCUT2D eigenvalue weighted by molar-refractivity contribution is 6.05. The van der Waals surface area contributed by atoms with Gasteiger partial charge in [-0.25, -0.2) is 4.79 Å². The van der Waals surface area contributed by atoms with E-state index >= 15 is 0 Å². The van der Waals surface area contributed by atoms with E-state index in [0.717, 1.165) is 12.1 Å². The predicted octanol–water partition coefficient (Wildman–Crippen LogP) is 2.56. The fourth-order valence-corrected chi connectivity index (χ4v) is 1.98. The average Bonchev–Trinajstić information content (AvgIpc) is 2.50. The van der Waals surface area contributed by atoms with E-state index in [1.165, 1.54) is 31.2 Å². The van der Waals surface area contributed by atoms with Crippen LogP contribution in [0.4, 0.5) is 11.4 Å². The number of nitrogens with zero attached hydrogens (tertiary/aromatic N) is 1. The van der Waals surface area contributed by atoms with Crippen molar-refractivity contribution >= 4 is 23.3 Å². The van der Waals surface area contributed by atoms with Crippen LogP contribution in [0.3, 0.4) is 0 Å². The van der Waals surface area contributed by atoms with Gasteiger partial charge >= 0.3 is 5.97 Å². The van der Waals surface area contributed by atoms with Gasteiger partial charge in [0.15, 0.2) is 0 Å². The van der Waals surface area contributed by atoms with Crippen molar-refractivity contribution in [2.75, 3.05) is 5.32 Å². The lowest BCUT2D eigenvalue weighted by Crippen LogP contribution is -2.13. The Hall–Kier alpha value is -3.42. The van der Waals surface area contributed by atoms with Crippen LogP contribution in [0.15, 0.2) is 36.4 Å². The standard InChI is InChI=1S/C15H12N2O6/c1-8-5-10(7-12(13(8)18)15(20)21)16-14(19)9-3-2-4-11(6-9)17(22)23/h2-7,18H,1H3,(H,16,19)(H,20,21). The highest BCUT2D eigenvalue weighted by Gasteiger charge is 2.16. The summed E-state index contributed by atoms with van der Waals surface area (Å²) in [4.78, 5) is 33.3. The second kappa shape index (κ2) is 6.14. The first-order chi connectivity index (χ1) is 10.8. The number of aromatic hydroxyl groups is 1. The maximum absolute atomic E-state index is 12.1. The summed E-state index contributed by atoms with van der Waals surface area (Å²) in [6, 6.07) is 7.65. The van der Waals surface area contributed by atoms with Crippen molar-refractivity contribution in [3.63, 3.8) is 0 Å². The van der Waals surface area contributed by atoms with Crippen molar-refractivity contribution < 1.29 is 24.7 Å². The van der Waals surface area contributed by atoms with Gasteiger partial charge < -0.3 is 15.5 Å². The van der Waals surface area contributed by atoms with Crippen LogP contribution in [0.1, 0.15) is 26.3 Å². The van der Waals surface area contributed by atoms with E-state index < -0.39 is 16.8 Å². The molecule has 1 amide bonds. The average molecular weight is 316 g/mol. The summed E-state index contributed by atoms with van der Waals surface area (Å²) < 4.78 is 0. The lowest BCUT2D eigenvalue weighted by molar-refractivity contribution is -0.384. The van der Waals surface area contributed by atoms with E-state index in [9.17, 15) is 24.8 Å². The summed E-state index contributed by atoms with van der Waals surface area (Å²) >= 11 is 0. The number of nitro benzene ring substituents is 1. The summed E-state index contributed by atoms with van der Waals surface area (Å²) in [7, 11) is 0. The van der Waals surface area contributed by atoms with Crippen LogP contribution in [0.5, 0.6) is 5.75 Å². The van der Waals surface area contributed by atoms with Crippen LogP contribution in [0.25, 0.3) is 0 Å². The Morgan fingerprint density at radius 3 is 2.52 bits per heavy atom. The minimum atomic E-state index is -1.34. The highest BCUT2D eigenvalue weighted by atomic mass is 16.6. The van der Waals surface area contributed by atoms with Crippen LogP contribution in [-0.2, 0) is 0 Å². The molecule has 0 aliphatic rings. The van der Waals surface area contributed by atoms with Crippen molar-refractivity contribution in [1.82, 2.24) is 0 Å². The smallest absolute Gasteiger partial charge is 0.339 e. The molecule has 0 aromatic heterocycles. The summed E-state index contributed by atoms with van der Waals surface area (Å²) in [5.41, 5.74) is -0.0830. The first kappa shape index (κ1) is 16.0. The van der Waals surface area contributed by atoms with Crippen LogP contribution in [0.2, 0.25) is 0 Å². The molecule has 2 aromatic carbocycles. The number of hydrogen-bond acceptors (Lipinski definition) is 5. The third kappa shape index (κ3) is 3.43. The molecule has 2 aromatic rings. The molecule has 0 atom stereocenters. The van der Waals surface area contributed by atoms with E-state index in [4.69, 9.17) is 5.11 Å². The quantitative estimate of drug-likeness (QED) is 0.451. The number of nitro groups is 1. The number of nitrogens with one attached hydrogen (secondary N) is 1. The number of carbonyl (C=O) groups is 2. The molecule has 0 fully saturated rings. The maximum atomic E-state index is 12.1. The fourth-order valence-electron chi connectivity index (χ4n) is 1.98. The number of hydrogen-bond donors (Lipinski definition) is 3. The molecule has 8 heteroatoms. The molecule has 3 N–H and O–H groups in total. The van der Waals surface area contributed by atoms with Crippen LogP contribution < -0.4 is 5.32 Å². The second-order valence-electron chi connectivity index (χ2n) is 4.76. The SMILES string of the molecule is Cc1cc(NC(=O)c2cccc([N+](=O)[O-])c2)cc(C(=O)O)c1O. The topological polar surface area (TPSA) is 130 Å². The van der Waals surface area contributed by atoms with Crippen LogP contribution in [-0.4, -0.2) is 27.0 Å². The molecule has 0 spiro atoms. The molecular formula is C15H12N2O6. The number of anilines is 1. The number of phenols is 1. The Labute approximate surface area is 130 Å². The normalized spacial score (nSPS) is 10.1. The Bertz CT molecular complexity index is 816. The zero-order chi connectivity index (χ0) is 17.1. The summed E-state index contributed by atoms with van der Waals surface area (Å²) in [6.07, 6.45) is 0. The summed E-state index contributed by atoms with van der Waals surface area (Å²) in [5, 5.41) is 31.9. The Kier molecular flexibility index (Phi) is 4.26. The summed E-state index contributed by atoms with van der Waals surface area (Å²) in [5.74, 6) is -2.35. The van der Waals surface area contributed by atoms with Crippen molar-refractivity contribution in [3.8, 4) is 5.75 Å². The second-order valence-corrected chi connectivity index (χ2v) is 4.76. The minimum Gasteiger partial charge on any atom is -0.507 e. The zero-order valence-electron chi connectivity index (χ0n) is 11.9. The molecule has 0 saturated carbocycles. The molecule has 0 unspecified atom stereocenters. The fraction of sp³-hybridized carbons (Fsp3) is 0.0667. The number of carbonyl (C=O) groups excluding carboxylic acids is 1. The molecule has 0 saturated heterocycles. The van der Waals surface area contributed by atoms with E-state index in [0.29, 0.717) is 0 Å². The number of benzene rings is 2. The van der Waals surface area contributed by atoms with Crippen molar-refractivity contribution in [2.24, 2.45) is 0 Å². The van der Waals surface area contributed by atoms with Gasteiger partial charge in [0.05, 0.1) is 4.92 Å². The molecule has 0 radical (unpaired) electrons.